The molecule has 2 aliphatic rings. The first kappa shape index (κ1) is 41.1. The third kappa shape index (κ3) is 9.17. The van der Waals surface area contributed by atoms with Crippen molar-refractivity contribution in [3.05, 3.63) is 77.1 Å². The minimum Gasteiger partial charge on any atom is -0.451 e. The first-order valence-corrected chi connectivity index (χ1v) is 21.6. The highest BCUT2D eigenvalue weighted by Crippen LogP contribution is 2.34. The molecule has 14 heteroatoms. The molecule has 0 aliphatic carbocycles. The van der Waals surface area contributed by atoms with E-state index in [1.807, 2.05) is 40.7 Å². The number of likely N-dealkylation sites (tertiary alicyclic amines) is 1. The maximum absolute atomic E-state index is 14.4. The van der Waals surface area contributed by atoms with Crippen LogP contribution in [0.3, 0.4) is 0 Å². The van der Waals surface area contributed by atoms with Crippen LogP contribution in [-0.2, 0) is 23.1 Å². The summed E-state index contributed by atoms with van der Waals surface area (Å²) in [5.74, 6) is 0.685. The van der Waals surface area contributed by atoms with E-state index in [-0.39, 0.29) is 41.4 Å². The molecule has 56 heavy (non-hydrogen) atoms. The lowest BCUT2D eigenvalue weighted by molar-refractivity contribution is 0.0640. The Morgan fingerprint density at radius 3 is 2.46 bits per heavy atom. The van der Waals surface area contributed by atoms with Gasteiger partial charge in [-0.3, -0.25) is 9.69 Å². The molecule has 4 heterocycles. The molecule has 2 unspecified atom stereocenters. The number of piperidine rings is 2. The number of nitrogens with zero attached hydrogens (tertiary/aromatic N) is 7. The summed E-state index contributed by atoms with van der Waals surface area (Å²) in [5, 5.41) is 14.7. The normalized spacial score (nSPS) is 18.7. The van der Waals surface area contributed by atoms with Gasteiger partial charge in [-0.15, -0.1) is 0 Å². The third-order valence-electron chi connectivity index (χ3n) is 11.4. The Hall–Kier alpha value is -4.58. The number of hydrogen-bond acceptors (Lipinski definition) is 9. The highest BCUT2D eigenvalue weighted by Gasteiger charge is 2.31. The summed E-state index contributed by atoms with van der Waals surface area (Å²) in [6.45, 7) is 15.7. The van der Waals surface area contributed by atoms with Crippen LogP contribution in [0.25, 0.3) is 10.9 Å². The van der Waals surface area contributed by atoms with Crippen LogP contribution >= 0.6 is 0 Å². The molecule has 1 N–H and O–H groups in total. The second-order valence-electron chi connectivity index (χ2n) is 16.1. The van der Waals surface area contributed by atoms with Gasteiger partial charge in [0, 0.05) is 67.8 Å². The van der Waals surface area contributed by atoms with Crippen molar-refractivity contribution in [3.8, 4) is 17.6 Å². The molecule has 2 atom stereocenters. The van der Waals surface area contributed by atoms with Crippen LogP contribution in [0.1, 0.15) is 93.9 Å². The number of sulfonamides is 1. The molecule has 12 nitrogen and oxygen atoms in total. The number of aryl methyl sites for hydroxylation is 2. The number of carbonyl (C=O) groups is 1. The average molecular weight is 787 g/mol. The van der Waals surface area contributed by atoms with Crippen molar-refractivity contribution in [2.24, 2.45) is 5.92 Å². The lowest BCUT2D eigenvalue weighted by Gasteiger charge is -2.36. The van der Waals surface area contributed by atoms with Gasteiger partial charge in [-0.1, -0.05) is 6.07 Å². The molecule has 0 bridgehead atoms. The van der Waals surface area contributed by atoms with E-state index in [0.29, 0.717) is 29.7 Å². The van der Waals surface area contributed by atoms with Crippen LogP contribution in [0.5, 0.6) is 11.5 Å². The number of carbonyl (C=O) groups excluding carboxylic acids is 1. The molecule has 6 rings (SSSR count). The lowest BCUT2D eigenvalue weighted by atomic mass is 9.90. The number of benzene rings is 2. The van der Waals surface area contributed by atoms with Gasteiger partial charge in [-0.2, -0.15) is 9.57 Å². The number of ether oxygens (including phenoxy) is 1. The first-order chi connectivity index (χ1) is 26.6. The largest absolute Gasteiger partial charge is 0.451 e. The van der Waals surface area contributed by atoms with Crippen LogP contribution in [-0.4, -0.2) is 93.0 Å². The van der Waals surface area contributed by atoms with Gasteiger partial charge in [0.25, 0.3) is 5.91 Å². The zero-order valence-electron chi connectivity index (χ0n) is 33.6. The van der Waals surface area contributed by atoms with E-state index in [1.54, 1.807) is 15.4 Å². The highest BCUT2D eigenvalue weighted by atomic mass is 32.2. The number of anilines is 1. The van der Waals surface area contributed by atoms with E-state index < -0.39 is 15.8 Å². The minimum absolute atomic E-state index is 0.0182. The number of halogens is 1. The molecular weight excluding hydrogens is 732 g/mol. The van der Waals surface area contributed by atoms with E-state index in [4.69, 9.17) is 4.74 Å². The van der Waals surface area contributed by atoms with Gasteiger partial charge < -0.3 is 19.5 Å². The number of fused-ring (bicyclic) bond motifs is 1. The number of amides is 1. The molecule has 0 saturated carbocycles. The van der Waals surface area contributed by atoms with Crippen molar-refractivity contribution < 1.29 is 22.3 Å². The standard InChI is InChI=1S/C42H55FN8O4S/c1-27(2)51(28(3)4)42(52)37-21-33(43)9-11-39(37)55-40-24-45-26-46-41(40)47-34-14-16-48(17-15-34)25-32-8-10-38-36(30(32)6)22-35(23-44)49(38)18-12-31-13-19-50(29(5)20-31)56(7,53)54/h8-11,21-22,24,26-29,31,34H,12-20,25H2,1-7H3,(H,45,46,47). The van der Waals surface area contributed by atoms with Crippen molar-refractivity contribution in [2.45, 2.75) is 111 Å². The molecule has 2 aromatic heterocycles. The summed E-state index contributed by atoms with van der Waals surface area (Å²) in [6.07, 6.45) is 8.60. The Balaban J connectivity index is 1.08. The van der Waals surface area contributed by atoms with E-state index in [2.05, 4.69) is 49.9 Å². The van der Waals surface area contributed by atoms with Crippen molar-refractivity contribution >= 4 is 32.7 Å². The SMILES string of the molecule is Cc1c(CN2CCC(Nc3ncncc3Oc3ccc(F)cc3C(=O)N(C(C)C)C(C)C)CC2)ccc2c1cc(C#N)n2CCC1CCN(S(C)(=O)=O)C(C)C1. The molecule has 1 amide bonds. The van der Waals surface area contributed by atoms with Crippen molar-refractivity contribution in [1.29, 1.82) is 5.26 Å². The number of nitriles is 1. The topological polar surface area (TPSA) is 137 Å². The summed E-state index contributed by atoms with van der Waals surface area (Å²) in [5.41, 5.74) is 4.27. The zero-order valence-corrected chi connectivity index (χ0v) is 34.4. The van der Waals surface area contributed by atoms with Crippen LogP contribution < -0.4 is 10.1 Å². The van der Waals surface area contributed by atoms with Crippen molar-refractivity contribution in [1.82, 2.24) is 28.6 Å². The molecule has 0 spiro atoms. The average Bonchev–Trinajstić information content (AvgIpc) is 3.51. The Kier molecular flexibility index (Phi) is 12.7. The summed E-state index contributed by atoms with van der Waals surface area (Å²) in [4.78, 5) is 26.4. The van der Waals surface area contributed by atoms with Crippen LogP contribution in [0, 0.1) is 30.0 Å². The number of aromatic nitrogens is 3. The highest BCUT2D eigenvalue weighted by molar-refractivity contribution is 7.88. The number of hydrogen-bond donors (Lipinski definition) is 1. The molecule has 0 radical (unpaired) electrons. The third-order valence-corrected chi connectivity index (χ3v) is 12.8. The summed E-state index contributed by atoms with van der Waals surface area (Å²) in [6, 6.07) is 12.7. The fourth-order valence-electron chi connectivity index (χ4n) is 8.59. The van der Waals surface area contributed by atoms with Gasteiger partial charge in [-0.25, -0.2) is 22.8 Å². The predicted octanol–water partition coefficient (Wildman–Crippen LogP) is 7.33. The van der Waals surface area contributed by atoms with Crippen LogP contribution in [0.4, 0.5) is 10.2 Å². The fourth-order valence-corrected chi connectivity index (χ4v) is 9.77. The molecule has 2 fully saturated rings. The maximum atomic E-state index is 14.4. The van der Waals surface area contributed by atoms with Crippen LogP contribution in [0.2, 0.25) is 0 Å². The Morgan fingerprint density at radius 2 is 1.80 bits per heavy atom. The lowest BCUT2D eigenvalue weighted by Crippen LogP contribution is -2.44. The number of rotatable bonds is 13. The predicted molar refractivity (Wildman–Crippen MR) is 217 cm³/mol. The molecule has 4 aromatic rings. The molecule has 2 saturated heterocycles. The van der Waals surface area contributed by atoms with E-state index >= 15 is 0 Å². The zero-order chi connectivity index (χ0) is 40.3. The van der Waals surface area contributed by atoms with Gasteiger partial charge in [-0.05, 0) is 121 Å². The monoisotopic (exact) mass is 786 g/mol. The number of nitrogens with one attached hydrogen (secondary N) is 1. The Labute approximate surface area is 330 Å². The van der Waals surface area contributed by atoms with E-state index in [1.165, 1.54) is 41.9 Å². The van der Waals surface area contributed by atoms with Crippen LogP contribution in [0.15, 0.2) is 48.9 Å². The van der Waals surface area contributed by atoms with Gasteiger partial charge in [0.1, 0.15) is 29.7 Å². The van der Waals surface area contributed by atoms with Gasteiger partial charge in [0.15, 0.2) is 11.6 Å². The summed E-state index contributed by atoms with van der Waals surface area (Å²) >= 11 is 0. The molecular formula is C42H55FN8O4S. The van der Waals surface area contributed by atoms with Gasteiger partial charge in [0.2, 0.25) is 10.0 Å². The summed E-state index contributed by atoms with van der Waals surface area (Å²) in [7, 11) is -3.20. The van der Waals surface area contributed by atoms with Gasteiger partial charge in [0.05, 0.1) is 18.0 Å². The van der Waals surface area contributed by atoms with E-state index in [9.17, 15) is 22.9 Å². The molecule has 2 aliphatic heterocycles. The second kappa shape index (κ2) is 17.3. The van der Waals surface area contributed by atoms with Gasteiger partial charge >= 0.3 is 0 Å². The molecule has 2 aromatic carbocycles. The Bertz CT molecular complexity index is 2180. The smallest absolute Gasteiger partial charge is 0.258 e. The minimum atomic E-state index is -3.20. The first-order valence-electron chi connectivity index (χ1n) is 19.7. The van der Waals surface area contributed by atoms with Crippen molar-refractivity contribution in [2.75, 3.05) is 31.2 Å². The van der Waals surface area contributed by atoms with Crippen molar-refractivity contribution in [3.63, 3.8) is 0 Å². The van der Waals surface area contributed by atoms with E-state index in [0.717, 1.165) is 69.2 Å². The fraction of sp³-hybridized carbons (Fsp3) is 0.524. The maximum Gasteiger partial charge on any atom is 0.258 e. The quantitative estimate of drug-likeness (QED) is 0.148. The Morgan fingerprint density at radius 1 is 1.07 bits per heavy atom. The molecule has 300 valence electrons. The summed E-state index contributed by atoms with van der Waals surface area (Å²) < 4.78 is 48.7. The second-order valence-corrected chi connectivity index (χ2v) is 18.0.